The standard InChI is InChI=1S/C20H19ClN2O3/c1-13-20(14(2)23(3)22-13)19(24)11-10-17-8-9-18(26-17)12-25-16-6-4-15(21)5-7-16/h4-11H,12H2,1-3H3/b11-10+. The molecule has 6 heteroatoms. The van der Waals surface area contributed by atoms with Gasteiger partial charge in [0.25, 0.3) is 0 Å². The molecule has 0 radical (unpaired) electrons. The van der Waals surface area contributed by atoms with Crippen molar-refractivity contribution in [2.24, 2.45) is 7.05 Å². The maximum absolute atomic E-state index is 12.4. The molecule has 2 heterocycles. The highest BCUT2D eigenvalue weighted by Gasteiger charge is 2.15. The Morgan fingerprint density at radius 3 is 2.62 bits per heavy atom. The third-order valence-corrected chi connectivity index (χ3v) is 4.28. The van der Waals surface area contributed by atoms with Crippen LogP contribution in [-0.2, 0) is 13.7 Å². The van der Waals surface area contributed by atoms with Crippen LogP contribution < -0.4 is 4.74 Å². The molecule has 0 aliphatic rings. The second kappa shape index (κ2) is 7.62. The van der Waals surface area contributed by atoms with Crippen LogP contribution in [0.3, 0.4) is 0 Å². The number of furan rings is 1. The molecule has 0 fully saturated rings. The molecule has 0 N–H and O–H groups in total. The van der Waals surface area contributed by atoms with E-state index in [-0.39, 0.29) is 5.78 Å². The van der Waals surface area contributed by atoms with Crippen LogP contribution in [0, 0.1) is 13.8 Å². The van der Waals surface area contributed by atoms with Crippen molar-refractivity contribution in [2.45, 2.75) is 20.5 Å². The summed E-state index contributed by atoms with van der Waals surface area (Å²) in [4.78, 5) is 12.4. The maximum atomic E-state index is 12.4. The summed E-state index contributed by atoms with van der Waals surface area (Å²) in [5, 5.41) is 4.92. The lowest BCUT2D eigenvalue weighted by Crippen LogP contribution is -1.99. The molecule has 0 saturated heterocycles. The normalized spacial score (nSPS) is 11.2. The van der Waals surface area contributed by atoms with Crippen molar-refractivity contribution in [3.63, 3.8) is 0 Å². The molecule has 0 amide bonds. The molecule has 0 atom stereocenters. The predicted octanol–water partition coefficient (Wildman–Crippen LogP) is 4.76. The highest BCUT2D eigenvalue weighted by Crippen LogP contribution is 2.19. The highest BCUT2D eigenvalue weighted by molar-refractivity contribution is 6.30. The largest absolute Gasteiger partial charge is 0.486 e. The Kier molecular flexibility index (Phi) is 5.28. The molecule has 5 nitrogen and oxygen atoms in total. The van der Waals surface area contributed by atoms with Gasteiger partial charge in [0.1, 0.15) is 23.9 Å². The number of carbonyl (C=O) groups excluding carboxylic acids is 1. The van der Waals surface area contributed by atoms with Crippen molar-refractivity contribution in [2.75, 3.05) is 0 Å². The molecule has 0 spiro atoms. The first-order chi connectivity index (χ1) is 12.4. The second-order valence-electron chi connectivity index (χ2n) is 5.91. The van der Waals surface area contributed by atoms with E-state index in [0.29, 0.717) is 34.5 Å². The number of hydrogen-bond acceptors (Lipinski definition) is 4. The van der Waals surface area contributed by atoms with E-state index in [1.807, 2.05) is 27.0 Å². The van der Waals surface area contributed by atoms with Gasteiger partial charge in [0, 0.05) is 17.8 Å². The van der Waals surface area contributed by atoms with Crippen LogP contribution in [0.25, 0.3) is 6.08 Å². The number of halogens is 1. The first-order valence-corrected chi connectivity index (χ1v) is 8.51. The molecule has 0 aliphatic heterocycles. The van der Waals surface area contributed by atoms with Crippen LogP contribution in [-0.4, -0.2) is 15.6 Å². The van der Waals surface area contributed by atoms with Crippen LogP contribution in [0.2, 0.25) is 5.02 Å². The fourth-order valence-electron chi connectivity index (χ4n) is 2.62. The van der Waals surface area contributed by atoms with Crippen molar-refractivity contribution in [1.29, 1.82) is 0 Å². The van der Waals surface area contributed by atoms with Crippen LogP contribution in [0.4, 0.5) is 0 Å². The van der Waals surface area contributed by atoms with Gasteiger partial charge in [0.15, 0.2) is 5.78 Å². The number of benzene rings is 1. The smallest absolute Gasteiger partial charge is 0.189 e. The zero-order chi connectivity index (χ0) is 18.7. The molecule has 26 heavy (non-hydrogen) atoms. The van der Waals surface area contributed by atoms with E-state index in [9.17, 15) is 4.79 Å². The monoisotopic (exact) mass is 370 g/mol. The van der Waals surface area contributed by atoms with Crippen LogP contribution in [0.1, 0.15) is 33.3 Å². The molecule has 2 aromatic heterocycles. The third-order valence-electron chi connectivity index (χ3n) is 4.03. The first-order valence-electron chi connectivity index (χ1n) is 8.13. The summed E-state index contributed by atoms with van der Waals surface area (Å²) in [5.41, 5.74) is 2.19. The van der Waals surface area contributed by atoms with Crippen molar-refractivity contribution >= 4 is 23.5 Å². The number of hydrogen-bond donors (Lipinski definition) is 0. The SMILES string of the molecule is Cc1nn(C)c(C)c1C(=O)/C=C/c1ccc(COc2ccc(Cl)cc2)o1. The Morgan fingerprint density at radius 2 is 1.96 bits per heavy atom. The summed E-state index contributed by atoms with van der Waals surface area (Å²) in [6.07, 6.45) is 3.15. The minimum Gasteiger partial charge on any atom is -0.486 e. The van der Waals surface area contributed by atoms with Gasteiger partial charge in [-0.05, 0) is 62.4 Å². The average molecular weight is 371 g/mol. The molecule has 0 unspecified atom stereocenters. The van der Waals surface area contributed by atoms with Gasteiger partial charge >= 0.3 is 0 Å². The summed E-state index contributed by atoms with van der Waals surface area (Å²) in [7, 11) is 1.82. The van der Waals surface area contributed by atoms with E-state index in [1.54, 1.807) is 41.1 Å². The molecule has 3 rings (SSSR count). The van der Waals surface area contributed by atoms with Gasteiger partial charge < -0.3 is 9.15 Å². The van der Waals surface area contributed by atoms with Crippen LogP contribution in [0.15, 0.2) is 46.9 Å². The third kappa shape index (κ3) is 4.06. The fraction of sp³-hybridized carbons (Fsp3) is 0.200. The first kappa shape index (κ1) is 18.0. The van der Waals surface area contributed by atoms with Gasteiger partial charge in [0.2, 0.25) is 0 Å². The Labute approximate surface area is 156 Å². The van der Waals surface area contributed by atoms with Crippen molar-refractivity contribution < 1.29 is 13.9 Å². The number of carbonyl (C=O) groups is 1. The number of nitrogens with zero attached hydrogens (tertiary/aromatic N) is 2. The molecular weight excluding hydrogens is 352 g/mol. The maximum Gasteiger partial charge on any atom is 0.189 e. The van der Waals surface area contributed by atoms with Crippen molar-refractivity contribution in [3.05, 3.63) is 76.0 Å². The van der Waals surface area contributed by atoms with E-state index >= 15 is 0 Å². The summed E-state index contributed by atoms with van der Waals surface area (Å²) < 4.78 is 13.0. The van der Waals surface area contributed by atoms with E-state index < -0.39 is 0 Å². The van der Waals surface area contributed by atoms with Gasteiger partial charge in [-0.25, -0.2) is 0 Å². The number of rotatable bonds is 6. The summed E-state index contributed by atoms with van der Waals surface area (Å²) in [6.45, 7) is 4.00. The Bertz CT molecular complexity index is 952. The van der Waals surface area contributed by atoms with E-state index in [0.717, 1.165) is 11.4 Å². The molecule has 3 aromatic rings. The molecule has 134 valence electrons. The Hall–Kier alpha value is -2.79. The molecular formula is C20H19ClN2O3. The van der Waals surface area contributed by atoms with Crippen LogP contribution >= 0.6 is 11.6 Å². The van der Waals surface area contributed by atoms with Crippen molar-refractivity contribution in [3.8, 4) is 5.75 Å². The van der Waals surface area contributed by atoms with E-state index in [4.69, 9.17) is 20.8 Å². The topological polar surface area (TPSA) is 57.3 Å². The summed E-state index contributed by atoms with van der Waals surface area (Å²) >= 11 is 5.84. The lowest BCUT2D eigenvalue weighted by Gasteiger charge is -2.03. The van der Waals surface area contributed by atoms with Crippen molar-refractivity contribution in [1.82, 2.24) is 9.78 Å². The lowest BCUT2D eigenvalue weighted by atomic mass is 10.1. The van der Waals surface area contributed by atoms with Gasteiger partial charge in [0.05, 0.1) is 11.3 Å². The highest BCUT2D eigenvalue weighted by atomic mass is 35.5. The molecule has 0 bridgehead atoms. The summed E-state index contributed by atoms with van der Waals surface area (Å²) in [6, 6.07) is 10.7. The average Bonchev–Trinajstić information content (AvgIpc) is 3.17. The number of aromatic nitrogens is 2. The number of ether oxygens (including phenoxy) is 1. The Morgan fingerprint density at radius 1 is 1.23 bits per heavy atom. The number of allylic oxidation sites excluding steroid dienone is 1. The minimum absolute atomic E-state index is 0.0940. The number of ketones is 1. The van der Waals surface area contributed by atoms with Crippen LogP contribution in [0.5, 0.6) is 5.75 Å². The Balaban J connectivity index is 1.63. The zero-order valence-corrected chi connectivity index (χ0v) is 15.6. The molecule has 0 aliphatic carbocycles. The minimum atomic E-state index is -0.0940. The van der Waals surface area contributed by atoms with Gasteiger partial charge in [-0.3, -0.25) is 9.48 Å². The van der Waals surface area contributed by atoms with E-state index in [1.165, 1.54) is 6.08 Å². The van der Waals surface area contributed by atoms with E-state index in [2.05, 4.69) is 5.10 Å². The second-order valence-corrected chi connectivity index (χ2v) is 6.35. The summed E-state index contributed by atoms with van der Waals surface area (Å²) in [5.74, 6) is 1.87. The van der Waals surface area contributed by atoms with Gasteiger partial charge in [-0.1, -0.05) is 11.6 Å². The predicted molar refractivity (Wildman–Crippen MR) is 101 cm³/mol. The van der Waals surface area contributed by atoms with Gasteiger partial charge in [-0.2, -0.15) is 5.10 Å². The molecule has 1 aromatic carbocycles. The zero-order valence-electron chi connectivity index (χ0n) is 14.8. The molecule has 0 saturated carbocycles. The lowest BCUT2D eigenvalue weighted by molar-refractivity contribution is 0.104. The quantitative estimate of drug-likeness (QED) is 0.463. The fourth-order valence-corrected chi connectivity index (χ4v) is 2.74. The number of aryl methyl sites for hydroxylation is 2. The van der Waals surface area contributed by atoms with Gasteiger partial charge in [-0.15, -0.1) is 0 Å².